The summed E-state index contributed by atoms with van der Waals surface area (Å²) in [5.74, 6) is -2.39. The number of rotatable bonds is 21. The van der Waals surface area contributed by atoms with Crippen molar-refractivity contribution in [3.05, 3.63) is 0 Å². The van der Waals surface area contributed by atoms with E-state index >= 15 is 0 Å². The van der Waals surface area contributed by atoms with Gasteiger partial charge >= 0.3 is 0 Å². The van der Waals surface area contributed by atoms with Gasteiger partial charge in [-0.05, 0) is 6.42 Å². The maximum absolute atomic E-state index is 10.8. The first-order valence-corrected chi connectivity index (χ1v) is 17.3. The molecule has 0 saturated carbocycles. The summed E-state index contributed by atoms with van der Waals surface area (Å²) in [5, 5.41) is 103. The third-order valence-corrected chi connectivity index (χ3v) is 8.71. The van der Waals surface area contributed by atoms with E-state index in [0.717, 1.165) is 0 Å². The first-order chi connectivity index (χ1) is 21.9. The molecule has 0 bridgehead atoms. The molecular weight excluding hydrogens is 606 g/mol. The Morgan fingerprint density at radius 2 is 1.33 bits per heavy atom. The van der Waals surface area contributed by atoms with Gasteiger partial charge in [-0.15, -0.1) is 0 Å². The second kappa shape index (κ2) is 23.7. The summed E-state index contributed by atoms with van der Waals surface area (Å²) >= 11 is 0. The molecule has 11 N–H and O–H groups in total. The minimum atomic E-state index is -2.39. The minimum absolute atomic E-state index is 0.268. The van der Waals surface area contributed by atoms with Crippen molar-refractivity contribution >= 4 is 0 Å². The maximum atomic E-state index is 10.8. The fourth-order valence-corrected chi connectivity index (χ4v) is 5.58. The lowest BCUT2D eigenvalue weighted by atomic mass is 9.94. The molecule has 2 saturated heterocycles. The van der Waals surface area contributed by atoms with Crippen molar-refractivity contribution in [2.75, 3.05) is 26.4 Å². The molecule has 0 aromatic carbocycles. The van der Waals surface area contributed by atoms with Gasteiger partial charge in [-0.1, -0.05) is 97.8 Å². The molecule has 46 heavy (non-hydrogen) atoms. The van der Waals surface area contributed by atoms with E-state index in [9.17, 15) is 51.1 Å². The standard InChI is InChI=1S/C19H37NO13.C13H28/c1-2-3-9(23)12(25)8(4-21)20-7-19(30)17(29)16(10(24)6-31-19)33-18-15(28)14(27)13(26)11(5-22)32-18;1-3-5-7-9-11-13-12-10-8-6-4-2/h8-18,20-30H,2-7H2,1H3;3-13H2,1-2H3/t8-,9+,10+,11+,12-,13+,14-,15+,16+,17-,18+,19?;/m0./s1. The highest BCUT2D eigenvalue weighted by Crippen LogP contribution is 2.30. The molecule has 0 radical (unpaired) electrons. The van der Waals surface area contributed by atoms with Crippen LogP contribution in [-0.4, -0.2) is 150 Å². The largest absolute Gasteiger partial charge is 0.395 e. The molecule has 14 nitrogen and oxygen atoms in total. The highest BCUT2D eigenvalue weighted by atomic mass is 16.7. The topological polar surface area (TPSA) is 242 Å². The summed E-state index contributed by atoms with van der Waals surface area (Å²) in [6, 6.07) is -1.08. The van der Waals surface area contributed by atoms with Gasteiger partial charge in [0.25, 0.3) is 0 Å². The average molecular weight is 672 g/mol. The molecule has 2 aliphatic rings. The summed E-state index contributed by atoms with van der Waals surface area (Å²) in [6.07, 6.45) is 1.05. The Labute approximate surface area is 274 Å². The average Bonchev–Trinajstić information content (AvgIpc) is 3.04. The van der Waals surface area contributed by atoms with Gasteiger partial charge in [0, 0.05) is 0 Å². The van der Waals surface area contributed by atoms with Gasteiger partial charge in [-0.2, -0.15) is 0 Å². The monoisotopic (exact) mass is 671 g/mol. The summed E-state index contributed by atoms with van der Waals surface area (Å²) in [7, 11) is 0. The van der Waals surface area contributed by atoms with Gasteiger partial charge in [0.2, 0.25) is 5.79 Å². The predicted molar refractivity (Wildman–Crippen MR) is 169 cm³/mol. The van der Waals surface area contributed by atoms with Crippen LogP contribution in [-0.2, 0) is 14.2 Å². The molecule has 2 heterocycles. The fourth-order valence-electron chi connectivity index (χ4n) is 5.58. The number of aliphatic hydroxyl groups excluding tert-OH is 9. The van der Waals surface area contributed by atoms with E-state index in [1.807, 2.05) is 0 Å². The highest BCUT2D eigenvalue weighted by Gasteiger charge is 2.53. The summed E-state index contributed by atoms with van der Waals surface area (Å²) in [5.41, 5.74) is 0. The zero-order valence-corrected chi connectivity index (χ0v) is 28.1. The molecule has 12 atom stereocenters. The smallest absolute Gasteiger partial charge is 0.207 e. The third kappa shape index (κ3) is 14.1. The maximum Gasteiger partial charge on any atom is 0.207 e. The Hall–Kier alpha value is -0.560. The second-order valence-electron chi connectivity index (χ2n) is 12.7. The number of unbranched alkanes of at least 4 members (excludes halogenated alkanes) is 10. The molecule has 2 aliphatic heterocycles. The lowest BCUT2D eigenvalue weighted by Gasteiger charge is -2.47. The van der Waals surface area contributed by atoms with E-state index in [2.05, 4.69) is 19.2 Å². The van der Waals surface area contributed by atoms with Gasteiger partial charge in [0.05, 0.1) is 44.6 Å². The Morgan fingerprint density at radius 1 is 0.783 bits per heavy atom. The molecule has 0 aliphatic carbocycles. The van der Waals surface area contributed by atoms with Gasteiger partial charge in [0.15, 0.2) is 6.29 Å². The van der Waals surface area contributed by atoms with Crippen LogP contribution in [0.3, 0.4) is 0 Å². The molecule has 0 amide bonds. The SMILES string of the molecule is CCCCCCCCCCCCC.CCC[C@@H](O)[C@@H](O)[C@H](CO)NCC1(O)OC[C@@H](O)[C@@H](O[C@H]2O[C@H](CO)[C@@H](O)[C@H](O)[C@H]2O)[C@@H]1O. The number of nitrogens with one attached hydrogen (secondary N) is 1. The second-order valence-corrected chi connectivity index (χ2v) is 12.7. The Bertz CT molecular complexity index is 743. The Morgan fingerprint density at radius 3 is 1.80 bits per heavy atom. The predicted octanol–water partition coefficient (Wildman–Crippen LogP) is -0.598. The fraction of sp³-hybridized carbons (Fsp3) is 1.00. The molecule has 2 fully saturated rings. The molecule has 2 rings (SSSR count). The molecule has 0 aromatic rings. The van der Waals surface area contributed by atoms with Crippen molar-refractivity contribution in [3.8, 4) is 0 Å². The van der Waals surface area contributed by atoms with Crippen LogP contribution in [0, 0.1) is 0 Å². The first-order valence-electron chi connectivity index (χ1n) is 17.3. The Balaban J connectivity index is 0.000000685. The molecule has 1 unspecified atom stereocenters. The molecule has 0 spiro atoms. The van der Waals surface area contributed by atoms with Crippen LogP contribution >= 0.6 is 0 Å². The third-order valence-electron chi connectivity index (χ3n) is 8.71. The summed E-state index contributed by atoms with van der Waals surface area (Å²) < 4.78 is 15.8. The number of ether oxygens (including phenoxy) is 3. The van der Waals surface area contributed by atoms with E-state index in [4.69, 9.17) is 14.2 Å². The number of aliphatic hydroxyl groups is 10. The highest BCUT2D eigenvalue weighted by molar-refractivity contribution is 4.97. The van der Waals surface area contributed by atoms with E-state index in [0.29, 0.717) is 6.42 Å². The number of hydrogen-bond donors (Lipinski definition) is 11. The van der Waals surface area contributed by atoms with Crippen LogP contribution in [0.15, 0.2) is 0 Å². The molecule has 14 heteroatoms. The molecule has 0 aromatic heterocycles. The van der Waals surface area contributed by atoms with Crippen molar-refractivity contribution in [1.29, 1.82) is 0 Å². The Kier molecular flexibility index (Phi) is 22.4. The summed E-state index contributed by atoms with van der Waals surface area (Å²) in [6.45, 7) is 3.95. The van der Waals surface area contributed by atoms with Crippen molar-refractivity contribution in [3.63, 3.8) is 0 Å². The first kappa shape index (κ1) is 43.5. The quantitative estimate of drug-likeness (QED) is 0.0684. The van der Waals surface area contributed by atoms with E-state index in [1.54, 1.807) is 6.92 Å². The van der Waals surface area contributed by atoms with E-state index in [1.165, 1.54) is 70.6 Å². The van der Waals surface area contributed by atoms with Crippen LogP contribution in [0.1, 0.15) is 104 Å². The van der Waals surface area contributed by atoms with Crippen LogP contribution in [0.5, 0.6) is 0 Å². The molecule has 276 valence electrons. The van der Waals surface area contributed by atoms with Crippen molar-refractivity contribution < 1.29 is 65.3 Å². The minimum Gasteiger partial charge on any atom is -0.395 e. The van der Waals surface area contributed by atoms with E-state index < -0.39 is 99.4 Å². The lowest BCUT2D eigenvalue weighted by Crippen LogP contribution is -2.68. The lowest BCUT2D eigenvalue weighted by molar-refractivity contribution is -0.367. The van der Waals surface area contributed by atoms with E-state index in [-0.39, 0.29) is 6.42 Å². The van der Waals surface area contributed by atoms with Gasteiger partial charge in [-0.25, -0.2) is 0 Å². The zero-order chi connectivity index (χ0) is 34.7. The summed E-state index contributed by atoms with van der Waals surface area (Å²) in [4.78, 5) is 0. The van der Waals surface area contributed by atoms with Crippen molar-refractivity contribution in [1.82, 2.24) is 5.32 Å². The normalized spacial score (nSPS) is 33.6. The van der Waals surface area contributed by atoms with Gasteiger partial charge < -0.3 is 70.6 Å². The van der Waals surface area contributed by atoms with Crippen LogP contribution in [0.25, 0.3) is 0 Å². The molecular formula is C32H65NO13. The van der Waals surface area contributed by atoms with Crippen molar-refractivity contribution in [2.45, 2.75) is 177 Å². The van der Waals surface area contributed by atoms with Crippen LogP contribution in [0.4, 0.5) is 0 Å². The van der Waals surface area contributed by atoms with Crippen molar-refractivity contribution in [2.24, 2.45) is 0 Å². The number of hydrogen-bond acceptors (Lipinski definition) is 14. The van der Waals surface area contributed by atoms with Gasteiger partial charge in [-0.3, -0.25) is 0 Å². The van der Waals surface area contributed by atoms with Gasteiger partial charge in [0.1, 0.15) is 42.7 Å². The zero-order valence-electron chi connectivity index (χ0n) is 28.1. The van der Waals surface area contributed by atoms with Crippen LogP contribution < -0.4 is 5.32 Å². The van der Waals surface area contributed by atoms with Crippen LogP contribution in [0.2, 0.25) is 0 Å².